The molecule has 0 unspecified atom stereocenters. The molecule has 0 radical (unpaired) electrons. The van der Waals surface area contributed by atoms with E-state index in [1.807, 2.05) is 0 Å². The third kappa shape index (κ3) is 4.68. The van der Waals surface area contributed by atoms with Gasteiger partial charge in [-0.05, 0) is 30.9 Å². The zero-order valence-corrected chi connectivity index (χ0v) is 12.8. The molecule has 1 saturated carbocycles. The Bertz CT molecular complexity index is 510. The van der Waals surface area contributed by atoms with Gasteiger partial charge in [-0.2, -0.15) is 0 Å². The number of hydrogen-bond donors (Lipinski definition) is 2. The molecule has 3 N–H and O–H groups in total. The van der Waals surface area contributed by atoms with Gasteiger partial charge < -0.3 is 20.5 Å². The average Bonchev–Trinajstić information content (AvgIpc) is 2.87. The van der Waals surface area contributed by atoms with E-state index in [0.717, 1.165) is 19.3 Å². The van der Waals surface area contributed by atoms with Gasteiger partial charge in [-0.15, -0.1) is 0 Å². The van der Waals surface area contributed by atoms with Gasteiger partial charge in [-0.3, -0.25) is 4.79 Å². The van der Waals surface area contributed by atoms with Gasteiger partial charge in [-0.1, -0.05) is 6.42 Å². The number of carbonyl (C=O) groups excluding carboxylic acids is 1. The van der Waals surface area contributed by atoms with Crippen molar-refractivity contribution in [3.05, 3.63) is 24.0 Å². The van der Waals surface area contributed by atoms with Crippen molar-refractivity contribution in [3.63, 3.8) is 0 Å². The Morgan fingerprint density at radius 3 is 2.86 bits per heavy atom. The first-order valence-corrected chi connectivity index (χ1v) is 7.57. The fraction of sp³-hybridized carbons (Fsp3) is 0.562. The molecular weight excluding hydrogens is 287 g/mol. The monoisotopic (exact) mass is 310 g/mol. The lowest BCUT2D eigenvalue weighted by molar-refractivity contribution is -0.117. The molecule has 2 atom stereocenters. The van der Waals surface area contributed by atoms with E-state index in [0.29, 0.717) is 18.7 Å². The first kappa shape index (κ1) is 16.7. The number of amides is 1. The average molecular weight is 310 g/mol. The van der Waals surface area contributed by atoms with Crippen molar-refractivity contribution in [2.45, 2.75) is 31.7 Å². The number of hydrogen-bond acceptors (Lipinski definition) is 4. The summed E-state index contributed by atoms with van der Waals surface area (Å²) >= 11 is 0. The smallest absolute Gasteiger partial charge is 0.224 e. The van der Waals surface area contributed by atoms with Crippen LogP contribution in [-0.2, 0) is 9.53 Å². The minimum absolute atomic E-state index is 0.0963. The highest BCUT2D eigenvalue weighted by molar-refractivity contribution is 5.91. The zero-order valence-electron chi connectivity index (χ0n) is 12.8. The lowest BCUT2D eigenvalue weighted by Gasteiger charge is -2.15. The second-order valence-electron chi connectivity index (χ2n) is 5.59. The Balaban J connectivity index is 1.87. The largest absolute Gasteiger partial charge is 0.488 e. The Labute approximate surface area is 130 Å². The van der Waals surface area contributed by atoms with E-state index in [4.69, 9.17) is 15.2 Å². The van der Waals surface area contributed by atoms with Crippen molar-refractivity contribution >= 4 is 11.6 Å². The zero-order chi connectivity index (χ0) is 15.9. The topological polar surface area (TPSA) is 73.6 Å². The van der Waals surface area contributed by atoms with Gasteiger partial charge in [-0.25, -0.2) is 4.39 Å². The molecule has 0 heterocycles. The molecule has 5 nitrogen and oxygen atoms in total. The Kier molecular flexibility index (Phi) is 6.15. The summed E-state index contributed by atoms with van der Waals surface area (Å²) in [7, 11) is 1.55. The lowest BCUT2D eigenvalue weighted by atomic mass is 10.00. The third-order valence-electron chi connectivity index (χ3n) is 3.93. The number of carbonyl (C=O) groups is 1. The van der Waals surface area contributed by atoms with E-state index >= 15 is 0 Å². The fourth-order valence-corrected chi connectivity index (χ4v) is 2.70. The van der Waals surface area contributed by atoms with Crippen LogP contribution in [0.4, 0.5) is 10.1 Å². The van der Waals surface area contributed by atoms with Crippen molar-refractivity contribution in [2.24, 2.45) is 11.7 Å². The summed E-state index contributed by atoms with van der Waals surface area (Å²) in [4.78, 5) is 12.0. The number of rotatable bonds is 7. The summed E-state index contributed by atoms with van der Waals surface area (Å²) in [5.74, 6) is -0.268. The van der Waals surface area contributed by atoms with Crippen LogP contribution in [0.3, 0.4) is 0 Å². The number of nitrogens with two attached hydrogens (primary N) is 1. The molecule has 22 heavy (non-hydrogen) atoms. The van der Waals surface area contributed by atoms with Crippen LogP contribution in [0.25, 0.3) is 0 Å². The molecule has 0 spiro atoms. The maximum atomic E-state index is 13.9. The molecule has 122 valence electrons. The molecular formula is C16H23FN2O3. The normalized spacial score (nSPS) is 20.9. The quantitative estimate of drug-likeness (QED) is 0.758. The highest BCUT2D eigenvalue weighted by Crippen LogP contribution is 2.27. The predicted molar refractivity (Wildman–Crippen MR) is 82.3 cm³/mol. The van der Waals surface area contributed by atoms with E-state index in [-0.39, 0.29) is 30.2 Å². The van der Waals surface area contributed by atoms with Gasteiger partial charge in [0.15, 0.2) is 11.6 Å². The Hall–Kier alpha value is -1.66. The van der Waals surface area contributed by atoms with Gasteiger partial charge in [0.2, 0.25) is 5.91 Å². The van der Waals surface area contributed by atoms with E-state index in [1.54, 1.807) is 13.2 Å². The van der Waals surface area contributed by atoms with Crippen LogP contribution in [0.2, 0.25) is 0 Å². The number of halogens is 1. The molecule has 1 aliphatic rings. The second-order valence-corrected chi connectivity index (χ2v) is 5.59. The molecule has 1 aromatic rings. The minimum atomic E-state index is -0.508. The van der Waals surface area contributed by atoms with Gasteiger partial charge in [0, 0.05) is 31.3 Å². The highest BCUT2D eigenvalue weighted by atomic mass is 19.1. The Morgan fingerprint density at radius 1 is 1.41 bits per heavy atom. The molecule has 1 aliphatic carbocycles. The van der Waals surface area contributed by atoms with Crippen molar-refractivity contribution in [1.29, 1.82) is 0 Å². The van der Waals surface area contributed by atoms with Gasteiger partial charge in [0.05, 0.1) is 6.61 Å². The molecule has 1 fully saturated rings. The first-order chi connectivity index (χ1) is 10.6. The van der Waals surface area contributed by atoms with E-state index in [9.17, 15) is 9.18 Å². The summed E-state index contributed by atoms with van der Waals surface area (Å²) in [6.45, 7) is 0.665. The van der Waals surface area contributed by atoms with E-state index in [1.165, 1.54) is 12.1 Å². The van der Waals surface area contributed by atoms with Gasteiger partial charge in [0.25, 0.3) is 0 Å². The molecule has 1 amide bonds. The van der Waals surface area contributed by atoms with Crippen molar-refractivity contribution in [3.8, 4) is 5.75 Å². The van der Waals surface area contributed by atoms with Crippen LogP contribution in [0.1, 0.15) is 25.7 Å². The summed E-state index contributed by atoms with van der Waals surface area (Å²) in [5, 5.41) is 2.71. The Morgan fingerprint density at radius 2 is 2.23 bits per heavy atom. The van der Waals surface area contributed by atoms with Crippen molar-refractivity contribution in [2.75, 3.05) is 25.6 Å². The SMILES string of the molecule is COCCOc1ccc(NC(=O)C[C@@H]2CCC[C@H]2N)cc1F. The van der Waals surface area contributed by atoms with Crippen LogP contribution in [0.15, 0.2) is 18.2 Å². The minimum Gasteiger partial charge on any atom is -0.488 e. The van der Waals surface area contributed by atoms with Crippen LogP contribution in [0.5, 0.6) is 5.75 Å². The summed E-state index contributed by atoms with van der Waals surface area (Å²) in [5.41, 5.74) is 6.38. The van der Waals surface area contributed by atoms with Crippen LogP contribution >= 0.6 is 0 Å². The maximum absolute atomic E-state index is 13.9. The lowest BCUT2D eigenvalue weighted by Crippen LogP contribution is -2.28. The predicted octanol–water partition coefficient (Wildman–Crippen LogP) is 2.31. The van der Waals surface area contributed by atoms with Crippen LogP contribution in [0, 0.1) is 11.7 Å². The molecule has 2 rings (SSSR count). The van der Waals surface area contributed by atoms with Crippen molar-refractivity contribution in [1.82, 2.24) is 0 Å². The fourth-order valence-electron chi connectivity index (χ4n) is 2.70. The number of benzene rings is 1. The molecule has 0 bridgehead atoms. The molecule has 6 heteroatoms. The third-order valence-corrected chi connectivity index (χ3v) is 3.93. The van der Waals surface area contributed by atoms with Gasteiger partial charge >= 0.3 is 0 Å². The maximum Gasteiger partial charge on any atom is 0.224 e. The number of anilines is 1. The number of ether oxygens (including phenoxy) is 2. The summed E-state index contributed by atoms with van der Waals surface area (Å²) < 4.78 is 23.9. The number of nitrogens with one attached hydrogen (secondary N) is 1. The summed E-state index contributed by atoms with van der Waals surface area (Å²) in [6, 6.07) is 4.48. The molecule has 0 aliphatic heterocycles. The van der Waals surface area contributed by atoms with Crippen molar-refractivity contribution < 1.29 is 18.7 Å². The molecule has 0 aromatic heterocycles. The van der Waals surface area contributed by atoms with Gasteiger partial charge in [0.1, 0.15) is 6.61 Å². The molecule has 1 aromatic carbocycles. The van der Waals surface area contributed by atoms with Crippen LogP contribution < -0.4 is 15.8 Å². The standard InChI is InChI=1S/C16H23FN2O3/c1-21-7-8-22-15-6-5-12(10-13(15)17)19-16(20)9-11-3-2-4-14(11)18/h5-6,10-11,14H,2-4,7-9,18H2,1H3,(H,19,20)/t11-,14+/m0/s1. The van der Waals surface area contributed by atoms with Crippen LogP contribution in [-0.4, -0.2) is 32.3 Å². The van der Waals surface area contributed by atoms with E-state index < -0.39 is 5.82 Å². The summed E-state index contributed by atoms with van der Waals surface area (Å²) in [6.07, 6.45) is 3.41. The first-order valence-electron chi connectivity index (χ1n) is 7.57. The molecule has 0 saturated heterocycles. The number of methoxy groups -OCH3 is 1. The highest BCUT2D eigenvalue weighted by Gasteiger charge is 2.26. The van der Waals surface area contributed by atoms with E-state index in [2.05, 4.69) is 5.32 Å². The second kappa shape index (κ2) is 8.10.